The Morgan fingerprint density at radius 2 is 1.68 bits per heavy atom. The lowest BCUT2D eigenvalue weighted by molar-refractivity contribution is -0.147. The number of fused-ring (bicyclic) bond motifs is 1. The Kier molecular flexibility index (Phi) is 4.70. The van der Waals surface area contributed by atoms with Crippen molar-refractivity contribution in [2.24, 2.45) is 5.41 Å². The van der Waals surface area contributed by atoms with Gasteiger partial charge < -0.3 is 9.84 Å². The number of hydrogen-bond acceptors (Lipinski definition) is 4. The molecule has 3 aromatic rings. The van der Waals surface area contributed by atoms with Crippen LogP contribution in [0, 0.1) is 5.41 Å². The van der Waals surface area contributed by atoms with E-state index in [1.54, 1.807) is 18.6 Å². The van der Waals surface area contributed by atoms with Crippen molar-refractivity contribution in [3.8, 4) is 11.4 Å². The molecular formula is C19H21N3O3. The number of ether oxygens (including phenoxy) is 1. The monoisotopic (exact) mass is 339 g/mol. The molecule has 0 amide bonds. The van der Waals surface area contributed by atoms with E-state index in [0.717, 1.165) is 22.5 Å². The number of rotatable bonds is 7. The summed E-state index contributed by atoms with van der Waals surface area (Å²) in [6.45, 7) is 3.94. The van der Waals surface area contributed by atoms with Crippen molar-refractivity contribution >= 4 is 17.0 Å². The van der Waals surface area contributed by atoms with Crippen molar-refractivity contribution in [3.63, 3.8) is 0 Å². The average molecular weight is 339 g/mol. The van der Waals surface area contributed by atoms with Crippen molar-refractivity contribution in [1.29, 1.82) is 0 Å². The fraction of sp³-hybridized carbons (Fsp3) is 0.316. The topological polar surface area (TPSA) is 77.2 Å². The number of benzene rings is 2. The normalized spacial score (nSPS) is 11.6. The van der Waals surface area contributed by atoms with Gasteiger partial charge >= 0.3 is 5.97 Å². The van der Waals surface area contributed by atoms with Crippen LogP contribution in [0.25, 0.3) is 16.7 Å². The lowest BCUT2D eigenvalue weighted by atomic mass is 9.88. The molecule has 1 aromatic heterocycles. The second kappa shape index (κ2) is 6.93. The average Bonchev–Trinajstić information content (AvgIpc) is 3.03. The van der Waals surface area contributed by atoms with Gasteiger partial charge in [0.25, 0.3) is 0 Å². The smallest absolute Gasteiger partial charge is 0.309 e. The maximum Gasteiger partial charge on any atom is 0.309 e. The third-order valence-corrected chi connectivity index (χ3v) is 4.15. The summed E-state index contributed by atoms with van der Waals surface area (Å²) in [5, 5.41) is 18.0. The molecule has 6 heteroatoms. The van der Waals surface area contributed by atoms with Crippen molar-refractivity contribution in [2.45, 2.75) is 26.7 Å². The zero-order valence-corrected chi connectivity index (χ0v) is 14.3. The Balaban J connectivity index is 1.58. The molecule has 6 nitrogen and oxygen atoms in total. The van der Waals surface area contributed by atoms with Gasteiger partial charge in [0, 0.05) is 0 Å². The van der Waals surface area contributed by atoms with Crippen LogP contribution in [0.4, 0.5) is 0 Å². The minimum absolute atomic E-state index is 0.486. The van der Waals surface area contributed by atoms with Gasteiger partial charge in [-0.25, -0.2) is 0 Å². The van der Waals surface area contributed by atoms with Crippen LogP contribution in [0.2, 0.25) is 0 Å². The molecule has 0 saturated carbocycles. The van der Waals surface area contributed by atoms with Crippen LogP contribution >= 0.6 is 0 Å². The number of carboxylic acid groups (broad SMARTS) is 1. The summed E-state index contributed by atoms with van der Waals surface area (Å²) in [5.74, 6) is -0.0374. The predicted molar refractivity (Wildman–Crippen MR) is 95.0 cm³/mol. The standard InChI is InChI=1S/C19H21N3O3/c1-19(2,18(23)24)12-5-13-25-15-10-8-14(9-11-15)22-20-16-6-3-4-7-17(16)21-22/h3-4,6-11H,5,12-13H2,1-2H3,(H,23,24). The van der Waals surface area contributed by atoms with Gasteiger partial charge in [0.15, 0.2) is 0 Å². The van der Waals surface area contributed by atoms with Crippen molar-refractivity contribution < 1.29 is 14.6 Å². The Bertz CT molecular complexity index is 836. The Labute approximate surface area is 146 Å². The van der Waals surface area contributed by atoms with Gasteiger partial charge in [-0.15, -0.1) is 10.2 Å². The first-order valence-electron chi connectivity index (χ1n) is 8.24. The first kappa shape index (κ1) is 17.0. The van der Waals surface area contributed by atoms with E-state index >= 15 is 0 Å². The van der Waals surface area contributed by atoms with Crippen LogP contribution in [0.5, 0.6) is 5.75 Å². The Hall–Kier alpha value is -2.89. The number of carboxylic acids is 1. The zero-order valence-electron chi connectivity index (χ0n) is 14.3. The molecule has 3 rings (SSSR count). The molecule has 0 aliphatic rings. The van der Waals surface area contributed by atoms with Crippen LogP contribution in [0.3, 0.4) is 0 Å². The molecule has 0 aliphatic carbocycles. The molecule has 0 saturated heterocycles. The highest BCUT2D eigenvalue weighted by atomic mass is 16.5. The first-order valence-corrected chi connectivity index (χ1v) is 8.24. The molecule has 1 N–H and O–H groups in total. The van der Waals surface area contributed by atoms with Crippen LogP contribution in [-0.4, -0.2) is 32.7 Å². The summed E-state index contributed by atoms with van der Waals surface area (Å²) in [7, 11) is 0. The number of hydrogen-bond donors (Lipinski definition) is 1. The molecule has 0 atom stereocenters. The highest BCUT2D eigenvalue weighted by molar-refractivity contribution is 5.74. The lowest BCUT2D eigenvalue weighted by Gasteiger charge is -2.18. The van der Waals surface area contributed by atoms with E-state index in [-0.39, 0.29) is 0 Å². The lowest BCUT2D eigenvalue weighted by Crippen LogP contribution is -2.24. The third-order valence-electron chi connectivity index (χ3n) is 4.15. The minimum atomic E-state index is -0.782. The zero-order chi connectivity index (χ0) is 17.9. The fourth-order valence-corrected chi connectivity index (χ4v) is 2.46. The van der Waals surface area contributed by atoms with E-state index < -0.39 is 11.4 Å². The Morgan fingerprint density at radius 3 is 2.24 bits per heavy atom. The fourth-order valence-electron chi connectivity index (χ4n) is 2.46. The van der Waals surface area contributed by atoms with E-state index in [0.29, 0.717) is 19.4 Å². The number of aliphatic carboxylic acids is 1. The maximum absolute atomic E-state index is 11.1. The van der Waals surface area contributed by atoms with Gasteiger partial charge in [0.05, 0.1) is 17.7 Å². The molecule has 0 spiro atoms. The molecule has 0 radical (unpaired) electrons. The summed E-state index contributed by atoms with van der Waals surface area (Å²) >= 11 is 0. The van der Waals surface area contributed by atoms with Crippen molar-refractivity contribution in [3.05, 3.63) is 48.5 Å². The molecule has 130 valence electrons. The van der Waals surface area contributed by atoms with Crippen molar-refractivity contribution in [2.75, 3.05) is 6.61 Å². The summed E-state index contributed by atoms with van der Waals surface area (Å²) in [5.41, 5.74) is 1.84. The molecule has 0 bridgehead atoms. The summed E-state index contributed by atoms with van der Waals surface area (Å²) in [6, 6.07) is 15.2. The summed E-state index contributed by atoms with van der Waals surface area (Å²) < 4.78 is 5.69. The van der Waals surface area contributed by atoms with Crippen molar-refractivity contribution in [1.82, 2.24) is 15.0 Å². The predicted octanol–water partition coefficient (Wildman–Crippen LogP) is 3.69. The second-order valence-corrected chi connectivity index (χ2v) is 6.61. The van der Waals surface area contributed by atoms with Gasteiger partial charge in [-0.05, 0) is 63.1 Å². The highest BCUT2D eigenvalue weighted by Gasteiger charge is 2.26. The largest absolute Gasteiger partial charge is 0.494 e. The van der Waals surface area contributed by atoms with E-state index in [2.05, 4.69) is 10.2 Å². The van der Waals surface area contributed by atoms with Crippen LogP contribution < -0.4 is 4.74 Å². The molecule has 2 aromatic carbocycles. The number of carbonyl (C=O) groups is 1. The van der Waals surface area contributed by atoms with Gasteiger partial charge in [-0.2, -0.15) is 4.80 Å². The molecule has 0 unspecified atom stereocenters. The molecular weight excluding hydrogens is 318 g/mol. The van der Waals surface area contributed by atoms with Gasteiger partial charge in [-0.1, -0.05) is 12.1 Å². The minimum Gasteiger partial charge on any atom is -0.494 e. The van der Waals surface area contributed by atoms with E-state index in [9.17, 15) is 4.79 Å². The third kappa shape index (κ3) is 3.96. The second-order valence-electron chi connectivity index (χ2n) is 6.61. The molecule has 25 heavy (non-hydrogen) atoms. The van der Waals surface area contributed by atoms with E-state index in [4.69, 9.17) is 9.84 Å². The maximum atomic E-state index is 11.1. The van der Waals surface area contributed by atoms with Gasteiger partial charge in [0.1, 0.15) is 16.8 Å². The summed E-state index contributed by atoms with van der Waals surface area (Å²) in [4.78, 5) is 12.7. The molecule has 0 fully saturated rings. The quantitative estimate of drug-likeness (QED) is 0.664. The highest BCUT2D eigenvalue weighted by Crippen LogP contribution is 2.23. The Morgan fingerprint density at radius 1 is 1.08 bits per heavy atom. The van der Waals surface area contributed by atoms with E-state index in [1.165, 1.54) is 0 Å². The SMILES string of the molecule is CC(C)(CCCOc1ccc(-n2nc3ccccc3n2)cc1)C(=O)O. The van der Waals surface area contributed by atoms with Crippen LogP contribution in [-0.2, 0) is 4.79 Å². The number of nitrogens with zero attached hydrogens (tertiary/aromatic N) is 3. The first-order chi connectivity index (χ1) is 12.0. The number of aromatic nitrogens is 3. The van der Waals surface area contributed by atoms with Gasteiger partial charge in [-0.3, -0.25) is 4.79 Å². The molecule has 1 heterocycles. The van der Waals surface area contributed by atoms with E-state index in [1.807, 2.05) is 48.5 Å². The van der Waals surface area contributed by atoms with Crippen LogP contribution in [0.15, 0.2) is 48.5 Å². The van der Waals surface area contributed by atoms with Crippen LogP contribution in [0.1, 0.15) is 26.7 Å². The molecule has 0 aliphatic heterocycles. The van der Waals surface area contributed by atoms with Gasteiger partial charge in [0.2, 0.25) is 0 Å². The summed E-state index contributed by atoms with van der Waals surface area (Å²) in [6.07, 6.45) is 1.26.